The molecule has 0 fully saturated rings. The topological polar surface area (TPSA) is 89.4 Å². The van der Waals surface area contributed by atoms with Crippen molar-refractivity contribution in [2.75, 3.05) is 0 Å². The molecule has 0 aromatic carbocycles. The summed E-state index contributed by atoms with van der Waals surface area (Å²) in [6.07, 6.45) is 13.0. The van der Waals surface area contributed by atoms with E-state index in [2.05, 4.69) is 25.3 Å². The van der Waals surface area contributed by atoms with E-state index in [0.717, 1.165) is 28.5 Å². The zero-order chi connectivity index (χ0) is 20.2. The zero-order valence-electron chi connectivity index (χ0n) is 15.9. The van der Waals surface area contributed by atoms with Gasteiger partial charge in [-0.2, -0.15) is 0 Å². The Kier molecular flexibility index (Phi) is 4.75. The van der Waals surface area contributed by atoms with Crippen LogP contribution < -0.4 is 5.32 Å². The largest absolute Gasteiger partial charge is 0.378 e. The lowest BCUT2D eigenvalue weighted by molar-refractivity contribution is 0.691. The van der Waals surface area contributed by atoms with E-state index in [1.165, 1.54) is 0 Å². The molecule has 7 heteroatoms. The highest BCUT2D eigenvalue weighted by Gasteiger charge is 2.13. The number of rotatable bonds is 4. The summed E-state index contributed by atoms with van der Waals surface area (Å²) in [5, 5.41) is 3.24. The number of dihydropyridines is 1. The third-order valence-corrected chi connectivity index (χ3v) is 4.56. The predicted molar refractivity (Wildman–Crippen MR) is 114 cm³/mol. The Balaban J connectivity index is 1.48. The average Bonchev–Trinajstić information content (AvgIpc) is 2.85. The zero-order valence-corrected chi connectivity index (χ0v) is 15.9. The lowest BCUT2D eigenvalue weighted by atomic mass is 10.2. The molecular formula is C23H17N7. The SMILES string of the molecule is C1=CNC(c2nccc(-c3cccc(-c4ccnc(-c5ccccn5)n4)n3)n2)C=C1. The van der Waals surface area contributed by atoms with Gasteiger partial charge in [0, 0.05) is 18.6 Å². The van der Waals surface area contributed by atoms with Gasteiger partial charge in [-0.05, 0) is 48.7 Å². The van der Waals surface area contributed by atoms with E-state index in [0.29, 0.717) is 11.6 Å². The van der Waals surface area contributed by atoms with Crippen LogP contribution in [0.15, 0.2) is 91.5 Å². The van der Waals surface area contributed by atoms with Gasteiger partial charge in [-0.25, -0.2) is 24.9 Å². The van der Waals surface area contributed by atoms with E-state index in [4.69, 9.17) is 9.97 Å². The van der Waals surface area contributed by atoms with Gasteiger partial charge in [0.15, 0.2) is 11.6 Å². The van der Waals surface area contributed by atoms with Crippen molar-refractivity contribution in [2.45, 2.75) is 6.04 Å². The summed E-state index contributed by atoms with van der Waals surface area (Å²) in [4.78, 5) is 27.2. The molecule has 0 aliphatic carbocycles. The second-order valence-electron chi connectivity index (χ2n) is 6.58. The van der Waals surface area contributed by atoms with Crippen LogP contribution in [0.2, 0.25) is 0 Å². The van der Waals surface area contributed by atoms with Gasteiger partial charge in [-0.15, -0.1) is 0 Å². The van der Waals surface area contributed by atoms with Crippen LogP contribution in [0.1, 0.15) is 11.9 Å². The van der Waals surface area contributed by atoms with Crippen molar-refractivity contribution in [3.05, 3.63) is 97.4 Å². The van der Waals surface area contributed by atoms with Crippen LogP contribution in [0, 0.1) is 0 Å². The predicted octanol–water partition coefficient (Wildman–Crippen LogP) is 3.77. The van der Waals surface area contributed by atoms with E-state index in [1.807, 2.05) is 73.0 Å². The van der Waals surface area contributed by atoms with Crippen molar-refractivity contribution in [1.82, 2.24) is 35.2 Å². The van der Waals surface area contributed by atoms with Crippen LogP contribution in [0.5, 0.6) is 0 Å². The van der Waals surface area contributed by atoms with Gasteiger partial charge in [0.2, 0.25) is 0 Å². The van der Waals surface area contributed by atoms with Gasteiger partial charge >= 0.3 is 0 Å². The van der Waals surface area contributed by atoms with Crippen molar-refractivity contribution >= 4 is 0 Å². The molecule has 1 aliphatic heterocycles. The maximum atomic E-state index is 4.78. The number of nitrogens with one attached hydrogen (secondary N) is 1. The van der Waals surface area contributed by atoms with Crippen molar-refractivity contribution in [1.29, 1.82) is 0 Å². The Morgan fingerprint density at radius 1 is 0.600 bits per heavy atom. The minimum absolute atomic E-state index is 0.0547. The first-order valence-electron chi connectivity index (χ1n) is 9.51. The molecule has 0 spiro atoms. The quantitative estimate of drug-likeness (QED) is 0.566. The molecule has 144 valence electrons. The highest BCUT2D eigenvalue weighted by atomic mass is 15.0. The normalized spacial score (nSPS) is 15.0. The third-order valence-electron chi connectivity index (χ3n) is 4.56. The van der Waals surface area contributed by atoms with Gasteiger partial charge in [0.1, 0.15) is 11.7 Å². The number of hydrogen-bond acceptors (Lipinski definition) is 7. The molecule has 5 rings (SSSR count). The number of nitrogens with zero attached hydrogens (tertiary/aromatic N) is 6. The lowest BCUT2D eigenvalue weighted by Crippen LogP contribution is -2.17. The van der Waals surface area contributed by atoms with Gasteiger partial charge < -0.3 is 5.32 Å². The Morgan fingerprint density at radius 3 is 2.13 bits per heavy atom. The Bertz CT molecular complexity index is 1240. The summed E-state index contributed by atoms with van der Waals surface area (Å²) in [6, 6.07) is 15.1. The first-order chi connectivity index (χ1) is 14.9. The Labute approximate surface area is 173 Å². The maximum Gasteiger partial charge on any atom is 0.178 e. The molecule has 0 saturated heterocycles. The van der Waals surface area contributed by atoms with Gasteiger partial charge in [-0.1, -0.05) is 24.3 Å². The first-order valence-corrected chi connectivity index (χ1v) is 9.51. The van der Waals surface area contributed by atoms with Crippen LogP contribution in [0.3, 0.4) is 0 Å². The molecule has 4 aromatic rings. The summed E-state index contributed by atoms with van der Waals surface area (Å²) in [7, 11) is 0. The number of hydrogen-bond donors (Lipinski definition) is 1. The molecule has 1 aliphatic rings. The van der Waals surface area contributed by atoms with Crippen LogP contribution in [0.25, 0.3) is 34.3 Å². The fourth-order valence-corrected chi connectivity index (χ4v) is 3.11. The fourth-order valence-electron chi connectivity index (χ4n) is 3.11. The highest BCUT2D eigenvalue weighted by molar-refractivity contribution is 5.63. The summed E-state index contributed by atoms with van der Waals surface area (Å²) >= 11 is 0. The molecule has 30 heavy (non-hydrogen) atoms. The maximum absolute atomic E-state index is 4.78. The minimum Gasteiger partial charge on any atom is -0.378 e. The van der Waals surface area contributed by atoms with E-state index in [9.17, 15) is 0 Å². The van der Waals surface area contributed by atoms with Crippen LogP contribution >= 0.6 is 0 Å². The number of aromatic nitrogens is 6. The second kappa shape index (κ2) is 8.00. The second-order valence-corrected chi connectivity index (χ2v) is 6.58. The fraction of sp³-hybridized carbons (Fsp3) is 0.0435. The smallest absolute Gasteiger partial charge is 0.178 e. The van der Waals surface area contributed by atoms with Crippen molar-refractivity contribution in [2.24, 2.45) is 0 Å². The van der Waals surface area contributed by atoms with E-state index < -0.39 is 0 Å². The van der Waals surface area contributed by atoms with Gasteiger partial charge in [0.25, 0.3) is 0 Å². The lowest BCUT2D eigenvalue weighted by Gasteiger charge is -2.14. The molecule has 5 heterocycles. The third kappa shape index (κ3) is 3.68. The summed E-state index contributed by atoms with van der Waals surface area (Å²) in [5.74, 6) is 1.26. The molecule has 0 amide bonds. The first kappa shape index (κ1) is 17.8. The Hall–Kier alpha value is -4.26. The van der Waals surface area contributed by atoms with Crippen molar-refractivity contribution < 1.29 is 0 Å². The van der Waals surface area contributed by atoms with E-state index >= 15 is 0 Å². The van der Waals surface area contributed by atoms with Crippen LogP contribution in [-0.4, -0.2) is 29.9 Å². The molecule has 1 N–H and O–H groups in total. The van der Waals surface area contributed by atoms with E-state index in [-0.39, 0.29) is 6.04 Å². The van der Waals surface area contributed by atoms with Gasteiger partial charge in [0.05, 0.1) is 22.8 Å². The Morgan fingerprint density at radius 2 is 1.37 bits per heavy atom. The van der Waals surface area contributed by atoms with E-state index in [1.54, 1.807) is 18.6 Å². The molecule has 0 radical (unpaired) electrons. The molecule has 0 saturated carbocycles. The van der Waals surface area contributed by atoms with Crippen LogP contribution in [-0.2, 0) is 0 Å². The summed E-state index contributed by atoms with van der Waals surface area (Å²) < 4.78 is 0. The molecular weight excluding hydrogens is 374 g/mol. The number of allylic oxidation sites excluding steroid dienone is 2. The van der Waals surface area contributed by atoms with Crippen molar-refractivity contribution in [3.63, 3.8) is 0 Å². The monoisotopic (exact) mass is 391 g/mol. The van der Waals surface area contributed by atoms with Gasteiger partial charge in [-0.3, -0.25) is 4.98 Å². The highest BCUT2D eigenvalue weighted by Crippen LogP contribution is 2.23. The average molecular weight is 391 g/mol. The van der Waals surface area contributed by atoms with Crippen LogP contribution in [0.4, 0.5) is 0 Å². The molecule has 4 aromatic heterocycles. The molecule has 1 atom stereocenters. The molecule has 1 unspecified atom stereocenters. The standard InChI is InChI=1S/C23H17N7/c1-3-12-24-20(6-1)22-26-14-10-18(29-22)16-8-5-9-17(28-16)19-11-15-27-23(30-19)21-7-2-4-13-25-21/h1-15,20,24H. The molecule has 7 nitrogen and oxygen atoms in total. The van der Waals surface area contributed by atoms with Crippen molar-refractivity contribution in [3.8, 4) is 34.3 Å². The summed E-state index contributed by atoms with van der Waals surface area (Å²) in [6.45, 7) is 0. The summed E-state index contributed by atoms with van der Waals surface area (Å²) in [5.41, 5.74) is 3.70. The number of pyridine rings is 2. The minimum atomic E-state index is -0.0547. The molecule has 0 bridgehead atoms.